The van der Waals surface area contributed by atoms with E-state index < -0.39 is 5.82 Å². The molecule has 1 N–H and O–H groups in total. The molecule has 1 heterocycles. The second-order valence-electron chi connectivity index (χ2n) is 7.72. The third kappa shape index (κ3) is 6.89. The van der Waals surface area contributed by atoms with Crippen LogP contribution in [0.3, 0.4) is 0 Å². The van der Waals surface area contributed by atoms with Crippen molar-refractivity contribution in [2.45, 2.75) is 45.1 Å². The predicted octanol–water partition coefficient (Wildman–Crippen LogP) is 4.25. The van der Waals surface area contributed by atoms with E-state index in [1.165, 1.54) is 6.07 Å². The standard InChI is InChI=1S/C23H29ClFN3O2/c1-5-22(29)19-8-6-16(12-20(19)25)11-18(28(3)4)14-27-23(30)10-15(2)21-9-7-17(24)13-26-21/h6-9,12-13,15,18H,5,10-11,14H2,1-4H3,(H,27,30)/t15-,18+/m1/s1. The third-order valence-corrected chi connectivity index (χ3v) is 5.36. The number of benzene rings is 1. The van der Waals surface area contributed by atoms with Crippen molar-refractivity contribution >= 4 is 23.3 Å². The summed E-state index contributed by atoms with van der Waals surface area (Å²) in [7, 11) is 3.84. The quantitative estimate of drug-likeness (QED) is 0.569. The van der Waals surface area contributed by atoms with Gasteiger partial charge in [-0.05, 0) is 50.3 Å². The molecular weight excluding hydrogens is 405 g/mol. The van der Waals surface area contributed by atoms with Crippen molar-refractivity contribution in [1.29, 1.82) is 0 Å². The molecule has 0 fully saturated rings. The van der Waals surface area contributed by atoms with E-state index in [1.54, 1.807) is 31.3 Å². The Morgan fingerprint density at radius 2 is 1.97 bits per heavy atom. The first-order valence-corrected chi connectivity index (χ1v) is 10.4. The molecule has 2 atom stereocenters. The van der Waals surface area contributed by atoms with Crippen molar-refractivity contribution in [3.63, 3.8) is 0 Å². The summed E-state index contributed by atoms with van der Waals surface area (Å²) in [6.07, 6.45) is 2.72. The maximum absolute atomic E-state index is 14.3. The Bertz CT molecular complexity index is 871. The fourth-order valence-electron chi connectivity index (χ4n) is 3.18. The van der Waals surface area contributed by atoms with E-state index in [4.69, 9.17) is 11.6 Å². The summed E-state index contributed by atoms with van der Waals surface area (Å²) in [6, 6.07) is 8.31. The molecule has 1 aromatic carbocycles. The number of hydrogen-bond donors (Lipinski definition) is 1. The number of Topliss-reactive ketones (excluding diaryl/α,β-unsaturated/α-hetero) is 1. The van der Waals surface area contributed by atoms with Crippen molar-refractivity contribution in [3.05, 3.63) is 64.2 Å². The van der Waals surface area contributed by atoms with Gasteiger partial charge in [-0.3, -0.25) is 14.6 Å². The molecule has 0 aliphatic rings. The van der Waals surface area contributed by atoms with E-state index in [0.717, 1.165) is 11.3 Å². The van der Waals surface area contributed by atoms with Gasteiger partial charge in [-0.1, -0.05) is 31.5 Å². The number of likely N-dealkylation sites (N-methyl/N-ethyl adjacent to an activating group) is 1. The zero-order valence-electron chi connectivity index (χ0n) is 17.9. The average Bonchev–Trinajstić information content (AvgIpc) is 2.70. The zero-order valence-corrected chi connectivity index (χ0v) is 18.7. The average molecular weight is 434 g/mol. The lowest BCUT2D eigenvalue weighted by molar-refractivity contribution is -0.121. The van der Waals surface area contributed by atoms with Crippen LogP contribution in [0.5, 0.6) is 0 Å². The van der Waals surface area contributed by atoms with E-state index >= 15 is 0 Å². The normalized spacial score (nSPS) is 13.2. The van der Waals surface area contributed by atoms with Crippen LogP contribution in [0.1, 0.15) is 54.2 Å². The summed E-state index contributed by atoms with van der Waals surface area (Å²) in [6.45, 7) is 4.09. The predicted molar refractivity (Wildman–Crippen MR) is 117 cm³/mol. The maximum atomic E-state index is 14.3. The van der Waals surface area contributed by atoms with Gasteiger partial charge in [0.05, 0.1) is 10.6 Å². The molecular formula is C23H29ClFN3O2. The second kappa shape index (κ2) is 11.2. The summed E-state index contributed by atoms with van der Waals surface area (Å²) in [4.78, 5) is 30.4. The number of nitrogens with zero attached hydrogens (tertiary/aromatic N) is 2. The summed E-state index contributed by atoms with van der Waals surface area (Å²) in [5, 5.41) is 3.53. The minimum absolute atomic E-state index is 0.00922. The molecule has 162 valence electrons. The minimum atomic E-state index is -0.495. The van der Waals surface area contributed by atoms with Crippen LogP contribution in [-0.2, 0) is 11.2 Å². The molecule has 0 spiro atoms. The Morgan fingerprint density at radius 1 is 1.23 bits per heavy atom. The molecule has 2 aromatic rings. The maximum Gasteiger partial charge on any atom is 0.220 e. The summed E-state index contributed by atoms with van der Waals surface area (Å²) >= 11 is 5.86. The molecule has 0 aliphatic heterocycles. The molecule has 5 nitrogen and oxygen atoms in total. The highest BCUT2D eigenvalue weighted by Gasteiger charge is 2.18. The van der Waals surface area contributed by atoms with Gasteiger partial charge in [0, 0.05) is 43.2 Å². The molecule has 0 aliphatic carbocycles. The van der Waals surface area contributed by atoms with Crippen LogP contribution in [-0.4, -0.2) is 48.3 Å². The first-order chi connectivity index (χ1) is 14.2. The molecule has 7 heteroatoms. The Hall–Kier alpha value is -2.31. The largest absolute Gasteiger partial charge is 0.355 e. The number of pyridine rings is 1. The van der Waals surface area contributed by atoms with E-state index in [2.05, 4.69) is 10.3 Å². The van der Waals surface area contributed by atoms with Crippen molar-refractivity contribution in [1.82, 2.24) is 15.2 Å². The number of carbonyl (C=O) groups is 2. The van der Waals surface area contributed by atoms with Gasteiger partial charge in [0.2, 0.25) is 5.91 Å². The second-order valence-corrected chi connectivity index (χ2v) is 8.16. The van der Waals surface area contributed by atoms with Crippen LogP contribution in [0.25, 0.3) is 0 Å². The number of hydrogen-bond acceptors (Lipinski definition) is 4. The van der Waals surface area contributed by atoms with E-state index in [0.29, 0.717) is 24.4 Å². The van der Waals surface area contributed by atoms with Crippen molar-refractivity contribution in [2.24, 2.45) is 0 Å². The highest BCUT2D eigenvalue weighted by molar-refractivity contribution is 6.30. The molecule has 0 radical (unpaired) electrons. The van der Waals surface area contributed by atoms with Gasteiger partial charge in [0.25, 0.3) is 0 Å². The number of amides is 1. The van der Waals surface area contributed by atoms with Crippen LogP contribution >= 0.6 is 11.6 Å². The van der Waals surface area contributed by atoms with Gasteiger partial charge in [-0.25, -0.2) is 4.39 Å². The molecule has 1 amide bonds. The van der Waals surface area contributed by atoms with Crippen LogP contribution < -0.4 is 5.32 Å². The molecule has 30 heavy (non-hydrogen) atoms. The Balaban J connectivity index is 1.94. The number of rotatable bonds is 10. The lowest BCUT2D eigenvalue weighted by Gasteiger charge is -2.25. The van der Waals surface area contributed by atoms with Crippen LogP contribution in [0.4, 0.5) is 4.39 Å². The van der Waals surface area contributed by atoms with E-state index in [-0.39, 0.29) is 35.6 Å². The number of aromatic nitrogens is 1. The zero-order chi connectivity index (χ0) is 22.3. The van der Waals surface area contributed by atoms with Gasteiger partial charge in [-0.2, -0.15) is 0 Å². The lowest BCUT2D eigenvalue weighted by Crippen LogP contribution is -2.41. The van der Waals surface area contributed by atoms with Crippen LogP contribution in [0, 0.1) is 5.82 Å². The molecule has 0 unspecified atom stereocenters. The fraction of sp³-hybridized carbons (Fsp3) is 0.435. The first kappa shape index (κ1) is 24.0. The number of carbonyl (C=O) groups excluding carboxylic acids is 2. The monoisotopic (exact) mass is 433 g/mol. The van der Waals surface area contributed by atoms with Gasteiger partial charge >= 0.3 is 0 Å². The van der Waals surface area contributed by atoms with Crippen LogP contribution in [0.15, 0.2) is 36.5 Å². The SMILES string of the molecule is CCC(=O)c1ccc(C[C@@H](CNC(=O)C[C@@H](C)c2ccc(Cl)cn2)N(C)C)cc1F. The number of ketones is 1. The molecule has 0 saturated carbocycles. The number of halogens is 2. The fourth-order valence-corrected chi connectivity index (χ4v) is 3.29. The Morgan fingerprint density at radius 3 is 2.53 bits per heavy atom. The minimum Gasteiger partial charge on any atom is -0.355 e. The molecule has 2 rings (SSSR count). The lowest BCUT2D eigenvalue weighted by atomic mass is 10.00. The molecule has 0 bridgehead atoms. The highest BCUT2D eigenvalue weighted by atomic mass is 35.5. The van der Waals surface area contributed by atoms with Gasteiger partial charge in [0.1, 0.15) is 5.82 Å². The van der Waals surface area contributed by atoms with Gasteiger partial charge < -0.3 is 10.2 Å². The Labute approximate surface area is 182 Å². The third-order valence-electron chi connectivity index (χ3n) is 5.14. The summed E-state index contributed by atoms with van der Waals surface area (Å²) < 4.78 is 14.3. The van der Waals surface area contributed by atoms with Crippen molar-refractivity contribution in [3.8, 4) is 0 Å². The van der Waals surface area contributed by atoms with Crippen molar-refractivity contribution in [2.75, 3.05) is 20.6 Å². The van der Waals surface area contributed by atoms with Gasteiger partial charge in [0.15, 0.2) is 5.78 Å². The van der Waals surface area contributed by atoms with Gasteiger partial charge in [-0.15, -0.1) is 0 Å². The topological polar surface area (TPSA) is 62.3 Å². The Kier molecular flexibility index (Phi) is 8.93. The van der Waals surface area contributed by atoms with E-state index in [1.807, 2.05) is 32.0 Å². The smallest absolute Gasteiger partial charge is 0.220 e. The summed E-state index contributed by atoms with van der Waals surface area (Å²) in [5.41, 5.74) is 1.73. The van der Waals surface area contributed by atoms with Crippen LogP contribution in [0.2, 0.25) is 5.02 Å². The molecule has 1 aromatic heterocycles. The highest BCUT2D eigenvalue weighted by Crippen LogP contribution is 2.19. The first-order valence-electron chi connectivity index (χ1n) is 10.1. The number of nitrogens with one attached hydrogen (secondary N) is 1. The van der Waals surface area contributed by atoms with Crippen molar-refractivity contribution < 1.29 is 14.0 Å². The summed E-state index contributed by atoms with van der Waals surface area (Å²) in [5.74, 6) is -0.802. The van der Waals surface area contributed by atoms with E-state index in [9.17, 15) is 14.0 Å². The molecule has 0 saturated heterocycles.